The first-order chi connectivity index (χ1) is 8.84. The van der Waals surface area contributed by atoms with Crippen molar-refractivity contribution in [1.29, 1.82) is 0 Å². The number of hydrogen-bond acceptors (Lipinski definition) is 9. The van der Waals surface area contributed by atoms with Crippen LogP contribution in [0.2, 0.25) is 0 Å². The van der Waals surface area contributed by atoms with Gasteiger partial charge < -0.3 is 35.5 Å². The molecule has 0 radical (unpaired) electrons. The van der Waals surface area contributed by atoms with Crippen molar-refractivity contribution in [2.75, 3.05) is 12.3 Å². The molecule has 0 aromatic carbocycles. The minimum Gasteiger partial charge on any atom is -0.748 e. The van der Waals surface area contributed by atoms with Gasteiger partial charge in [-0.25, -0.2) is 13.2 Å². The van der Waals surface area contributed by atoms with E-state index in [9.17, 15) is 32.5 Å². The standard InChI is InChI=1S/C6H8O7.C2H7NO3S.Zn/c7-3(8)1-6(13,5(11)12)2-4(9)10;3-1-2-7(4,5)6;/h13H,1-2H2,(H,7,8)(H,9,10)(H,11,12);1-3H2,(H,4,5,6);/q;;+2/p-2. The van der Waals surface area contributed by atoms with E-state index in [4.69, 9.17) is 21.1 Å². The maximum Gasteiger partial charge on any atom is 2.00 e. The van der Waals surface area contributed by atoms with Gasteiger partial charge in [-0.2, -0.15) is 0 Å². The monoisotopic (exact) mass is 379 g/mol. The molecule has 0 rings (SSSR count). The van der Waals surface area contributed by atoms with Crippen LogP contribution in [0.4, 0.5) is 0 Å². The Morgan fingerprint density at radius 2 is 1.57 bits per heavy atom. The van der Waals surface area contributed by atoms with Gasteiger partial charge in [-0.15, -0.1) is 0 Å². The number of carboxylic acid groups (broad SMARTS) is 3. The topological polar surface area (TPSA) is 218 Å². The van der Waals surface area contributed by atoms with Crippen LogP contribution in [0, 0.1) is 0 Å². The van der Waals surface area contributed by atoms with Crippen molar-refractivity contribution in [2.45, 2.75) is 18.4 Å². The van der Waals surface area contributed by atoms with Crippen LogP contribution in [0.1, 0.15) is 12.8 Å². The first kappa shape index (κ1) is 24.9. The zero-order chi connectivity index (χ0) is 16.6. The van der Waals surface area contributed by atoms with E-state index in [1.165, 1.54) is 0 Å². The van der Waals surface area contributed by atoms with E-state index in [0.29, 0.717) is 0 Å². The number of aliphatic carboxylic acids is 3. The minimum absolute atomic E-state index is 0. The van der Waals surface area contributed by atoms with E-state index in [2.05, 4.69) is 0 Å². The molecule has 1 unspecified atom stereocenters. The number of carboxylic acids is 3. The molecule has 0 aliphatic rings. The second-order valence-electron chi connectivity index (χ2n) is 3.51. The molecule has 5 N–H and O–H groups in total. The number of carbonyl (C=O) groups is 3. The molecule has 0 saturated heterocycles. The van der Waals surface area contributed by atoms with Crippen LogP contribution in [0.25, 0.3) is 0 Å². The maximum absolute atomic E-state index is 10.3. The quantitative estimate of drug-likeness (QED) is 0.245. The second-order valence-corrected chi connectivity index (χ2v) is 5.03. The molecule has 0 spiro atoms. The Balaban J connectivity index is -0.000000347. The molecular formula is C8H13NO10SZn. The van der Waals surface area contributed by atoms with Gasteiger partial charge >= 0.3 is 31.4 Å². The zero-order valence-electron chi connectivity index (χ0n) is 10.7. The van der Waals surface area contributed by atoms with Gasteiger partial charge in [-0.1, -0.05) is 0 Å². The predicted octanol–water partition coefficient (Wildman–Crippen LogP) is -4.10. The van der Waals surface area contributed by atoms with Crippen molar-refractivity contribution < 1.29 is 67.3 Å². The summed E-state index contributed by atoms with van der Waals surface area (Å²) in [4.78, 5) is 30.3. The molecule has 0 aromatic rings. The maximum atomic E-state index is 10.3. The van der Waals surface area contributed by atoms with E-state index in [1.807, 2.05) is 0 Å². The van der Waals surface area contributed by atoms with Crippen LogP contribution in [0.5, 0.6) is 0 Å². The normalized spacial score (nSPS) is 12.9. The van der Waals surface area contributed by atoms with Gasteiger partial charge in [0.2, 0.25) is 0 Å². The largest absolute Gasteiger partial charge is 2.00 e. The van der Waals surface area contributed by atoms with Gasteiger partial charge in [0, 0.05) is 18.9 Å². The third-order valence-electron chi connectivity index (χ3n) is 1.65. The fourth-order valence-corrected chi connectivity index (χ4v) is 1.14. The third-order valence-corrected chi connectivity index (χ3v) is 2.38. The average Bonchev–Trinajstić information content (AvgIpc) is 2.12. The van der Waals surface area contributed by atoms with Crippen molar-refractivity contribution in [3.05, 3.63) is 0 Å². The molecule has 0 amide bonds. The Morgan fingerprint density at radius 3 is 1.71 bits per heavy atom. The molecule has 0 saturated carbocycles. The second kappa shape index (κ2) is 10.6. The molecule has 0 heterocycles. The molecule has 0 aliphatic heterocycles. The summed E-state index contributed by atoms with van der Waals surface area (Å²) in [6.07, 6.45) is -2.44. The first-order valence-electron chi connectivity index (χ1n) is 4.85. The SMILES string of the molecule is NCCS(=O)(=O)[O-].O=C([O-])CC(O)(CC(=O)O)C(=O)O.[Zn+2]. The molecule has 0 aromatic heterocycles. The Morgan fingerprint density at radius 1 is 1.14 bits per heavy atom. The summed E-state index contributed by atoms with van der Waals surface area (Å²) in [5, 5.41) is 35.5. The number of carbonyl (C=O) groups excluding carboxylic acids is 1. The summed E-state index contributed by atoms with van der Waals surface area (Å²) in [7, 11) is -4.05. The minimum atomic E-state index is -4.05. The summed E-state index contributed by atoms with van der Waals surface area (Å²) in [6.45, 7) is -0.0914. The molecule has 21 heavy (non-hydrogen) atoms. The van der Waals surface area contributed by atoms with E-state index in [0.717, 1.165) is 0 Å². The number of rotatable bonds is 7. The fourth-order valence-electron chi connectivity index (χ4n) is 0.847. The van der Waals surface area contributed by atoms with Crippen molar-refractivity contribution in [2.24, 2.45) is 5.73 Å². The molecular weight excluding hydrogens is 368 g/mol. The molecule has 118 valence electrons. The van der Waals surface area contributed by atoms with Crippen LogP contribution < -0.4 is 10.8 Å². The Labute approximate surface area is 132 Å². The molecule has 1 atom stereocenters. The molecule has 0 bridgehead atoms. The van der Waals surface area contributed by atoms with E-state index >= 15 is 0 Å². The van der Waals surface area contributed by atoms with Crippen molar-refractivity contribution in [3.63, 3.8) is 0 Å². The number of aliphatic hydroxyl groups is 1. The van der Waals surface area contributed by atoms with Crippen LogP contribution >= 0.6 is 0 Å². The smallest absolute Gasteiger partial charge is 0.748 e. The van der Waals surface area contributed by atoms with Crippen molar-refractivity contribution in [1.82, 2.24) is 0 Å². The third kappa shape index (κ3) is 15.1. The van der Waals surface area contributed by atoms with Gasteiger partial charge in [-0.05, 0) is 0 Å². The van der Waals surface area contributed by atoms with Gasteiger partial charge in [-0.3, -0.25) is 4.79 Å². The van der Waals surface area contributed by atoms with Crippen LogP contribution in [0.15, 0.2) is 0 Å². The Hall–Kier alpha value is -1.14. The van der Waals surface area contributed by atoms with Crippen LogP contribution in [-0.2, 0) is 44.0 Å². The van der Waals surface area contributed by atoms with Gasteiger partial charge in [0.1, 0.15) is 0 Å². The summed E-state index contributed by atoms with van der Waals surface area (Å²) < 4.78 is 28.8. The van der Waals surface area contributed by atoms with Crippen molar-refractivity contribution in [3.8, 4) is 0 Å². The summed E-state index contributed by atoms with van der Waals surface area (Å²) >= 11 is 0. The van der Waals surface area contributed by atoms with Gasteiger partial charge in [0.15, 0.2) is 5.60 Å². The van der Waals surface area contributed by atoms with Gasteiger partial charge in [0.25, 0.3) is 0 Å². The van der Waals surface area contributed by atoms with Gasteiger partial charge in [0.05, 0.1) is 22.3 Å². The average molecular weight is 381 g/mol. The molecule has 0 fully saturated rings. The molecule has 13 heteroatoms. The van der Waals surface area contributed by atoms with E-state index < -0.39 is 52.2 Å². The predicted molar refractivity (Wildman–Crippen MR) is 58.1 cm³/mol. The van der Waals surface area contributed by atoms with Crippen LogP contribution in [0.3, 0.4) is 0 Å². The summed E-state index contributed by atoms with van der Waals surface area (Å²) in [6, 6.07) is 0. The summed E-state index contributed by atoms with van der Waals surface area (Å²) in [5.41, 5.74) is 1.93. The molecule has 0 aliphatic carbocycles. The summed E-state index contributed by atoms with van der Waals surface area (Å²) in [5.74, 6) is -5.80. The van der Waals surface area contributed by atoms with Crippen LogP contribution in [-0.4, -0.2) is 64.1 Å². The Kier molecular flexibility index (Phi) is 12.5. The zero-order valence-corrected chi connectivity index (χ0v) is 14.5. The number of nitrogens with two attached hydrogens (primary N) is 1. The fraction of sp³-hybridized carbons (Fsp3) is 0.625. The number of hydrogen-bond donors (Lipinski definition) is 4. The molecule has 11 nitrogen and oxygen atoms in total. The first-order valence-corrected chi connectivity index (χ1v) is 6.43. The van der Waals surface area contributed by atoms with E-state index in [1.54, 1.807) is 0 Å². The van der Waals surface area contributed by atoms with Crippen molar-refractivity contribution >= 4 is 28.0 Å². The Bertz CT molecular complexity index is 446. The van der Waals surface area contributed by atoms with E-state index in [-0.39, 0.29) is 26.0 Å².